The topological polar surface area (TPSA) is 91.7 Å². The van der Waals surface area contributed by atoms with Gasteiger partial charge in [-0.05, 0) is 110 Å². The van der Waals surface area contributed by atoms with Crippen LogP contribution in [-0.4, -0.2) is 40.1 Å². The van der Waals surface area contributed by atoms with Crippen LogP contribution in [0.2, 0.25) is 5.02 Å². The Labute approximate surface area is 233 Å². The lowest BCUT2D eigenvalue weighted by molar-refractivity contribution is -0.203. The molecule has 38 heavy (non-hydrogen) atoms. The number of carbonyl (C=O) groups is 1. The van der Waals surface area contributed by atoms with Gasteiger partial charge in [0, 0.05) is 6.20 Å². The minimum Gasteiger partial charge on any atom is -0.449 e. The zero-order valence-electron chi connectivity index (χ0n) is 23.5. The molecular weight excluding hydrogens is 500 g/mol. The molecule has 11 atom stereocenters. The number of hydrogen-bond acceptors (Lipinski definition) is 5. The molecule has 1 amide bonds. The van der Waals surface area contributed by atoms with Crippen LogP contribution in [0.5, 0.6) is 0 Å². The van der Waals surface area contributed by atoms with Gasteiger partial charge in [-0.1, -0.05) is 45.7 Å². The van der Waals surface area contributed by atoms with Crippen molar-refractivity contribution in [2.24, 2.45) is 52.3 Å². The van der Waals surface area contributed by atoms with Crippen LogP contribution in [0.25, 0.3) is 0 Å². The molecule has 0 saturated heterocycles. The molecule has 1 heterocycles. The van der Waals surface area contributed by atoms with Crippen molar-refractivity contribution in [3.63, 3.8) is 0 Å². The Hall–Kier alpha value is -1.37. The summed E-state index contributed by atoms with van der Waals surface area (Å²) in [6, 6.07) is 1.65. The molecule has 1 aromatic heterocycles. The summed E-state index contributed by atoms with van der Waals surface area (Å²) in [7, 11) is 0. The van der Waals surface area contributed by atoms with Crippen molar-refractivity contribution in [1.29, 1.82) is 0 Å². The summed E-state index contributed by atoms with van der Waals surface area (Å²) in [5.74, 6) is 3.19. The molecule has 0 aliphatic heterocycles. The van der Waals surface area contributed by atoms with Crippen molar-refractivity contribution < 1.29 is 19.7 Å². The van der Waals surface area contributed by atoms with Gasteiger partial charge in [-0.25, -0.2) is 4.79 Å². The van der Waals surface area contributed by atoms with Crippen molar-refractivity contribution in [2.75, 3.05) is 11.9 Å². The number of fused-ring (bicyclic) bond motifs is 5. The van der Waals surface area contributed by atoms with Crippen LogP contribution < -0.4 is 5.32 Å². The highest BCUT2D eigenvalue weighted by molar-refractivity contribution is 6.30. The Bertz CT molecular complexity index is 1010. The molecule has 6 nitrogen and oxygen atoms in total. The number of rotatable bonds is 6. The SMILES string of the molecule is CC[C@H]1[C@@H](O)C2[C@H](CC[C@]3(C)[C@@H]([C@H](C)CCOC(=O)Nc4cncc(Cl)c4)CC[C@@H]23)C2(C)CC[C@@H](O)C[C@@H]12. The summed E-state index contributed by atoms with van der Waals surface area (Å²) in [4.78, 5) is 16.3. The third-order valence-electron chi connectivity index (χ3n) is 11.9. The fourth-order valence-electron chi connectivity index (χ4n) is 10.1. The fraction of sp³-hybridized carbons (Fsp3) is 0.806. The maximum absolute atomic E-state index is 12.3. The predicted molar refractivity (Wildman–Crippen MR) is 150 cm³/mol. The monoisotopic (exact) mass is 546 g/mol. The lowest BCUT2D eigenvalue weighted by atomic mass is 9.41. The Kier molecular flexibility index (Phi) is 8.08. The molecule has 0 spiro atoms. The van der Waals surface area contributed by atoms with Crippen LogP contribution in [-0.2, 0) is 4.74 Å². The van der Waals surface area contributed by atoms with Gasteiger partial charge in [0.1, 0.15) is 0 Å². The summed E-state index contributed by atoms with van der Waals surface area (Å²) in [6.07, 6.45) is 11.6. The summed E-state index contributed by atoms with van der Waals surface area (Å²) in [5.41, 5.74) is 0.971. The molecule has 7 heteroatoms. The molecule has 4 saturated carbocycles. The second kappa shape index (κ2) is 10.9. The zero-order valence-corrected chi connectivity index (χ0v) is 24.3. The molecule has 1 aromatic rings. The van der Waals surface area contributed by atoms with Crippen LogP contribution in [0, 0.1) is 52.3 Å². The third-order valence-corrected chi connectivity index (χ3v) is 12.1. The minimum atomic E-state index is -0.478. The molecule has 3 N–H and O–H groups in total. The van der Waals surface area contributed by atoms with E-state index in [-0.39, 0.29) is 29.0 Å². The number of aromatic nitrogens is 1. The smallest absolute Gasteiger partial charge is 0.411 e. The second-order valence-corrected chi connectivity index (χ2v) is 14.0. The predicted octanol–water partition coefficient (Wildman–Crippen LogP) is 6.94. The molecule has 4 aliphatic carbocycles. The van der Waals surface area contributed by atoms with Gasteiger partial charge < -0.3 is 14.9 Å². The Morgan fingerprint density at radius 1 is 1.13 bits per heavy atom. The molecule has 5 rings (SSSR count). The molecule has 0 aromatic carbocycles. The van der Waals surface area contributed by atoms with Crippen molar-refractivity contribution in [1.82, 2.24) is 4.98 Å². The first-order chi connectivity index (χ1) is 18.1. The van der Waals surface area contributed by atoms with E-state index in [2.05, 4.69) is 38.0 Å². The van der Waals surface area contributed by atoms with Gasteiger partial charge in [0.25, 0.3) is 0 Å². The first-order valence-corrected chi connectivity index (χ1v) is 15.4. The number of nitrogens with zero attached hydrogens (tertiary/aromatic N) is 1. The van der Waals surface area contributed by atoms with Crippen molar-refractivity contribution in [3.8, 4) is 0 Å². The number of anilines is 1. The number of halogens is 1. The van der Waals surface area contributed by atoms with Crippen LogP contribution in [0.15, 0.2) is 18.5 Å². The molecule has 4 fully saturated rings. The minimum absolute atomic E-state index is 0.206. The molecule has 0 radical (unpaired) electrons. The average Bonchev–Trinajstić information content (AvgIpc) is 3.22. The highest BCUT2D eigenvalue weighted by atomic mass is 35.5. The maximum atomic E-state index is 12.3. The molecule has 212 valence electrons. The zero-order chi connectivity index (χ0) is 27.2. The quantitative estimate of drug-likeness (QED) is 0.359. The largest absolute Gasteiger partial charge is 0.449 e. The highest BCUT2D eigenvalue weighted by Crippen LogP contribution is 2.69. The van der Waals surface area contributed by atoms with E-state index in [0.29, 0.717) is 52.8 Å². The van der Waals surface area contributed by atoms with Crippen LogP contribution in [0.3, 0.4) is 0 Å². The number of amides is 1. The fourth-order valence-corrected chi connectivity index (χ4v) is 10.3. The van der Waals surface area contributed by atoms with Gasteiger partial charge >= 0.3 is 6.09 Å². The summed E-state index contributed by atoms with van der Waals surface area (Å²) >= 11 is 5.95. The van der Waals surface area contributed by atoms with E-state index >= 15 is 0 Å². The molecular formula is C31H47ClN2O4. The number of hydrogen-bond donors (Lipinski definition) is 3. The first-order valence-electron chi connectivity index (χ1n) is 15.0. The Morgan fingerprint density at radius 3 is 2.61 bits per heavy atom. The average molecular weight is 547 g/mol. The second-order valence-electron chi connectivity index (χ2n) is 13.5. The summed E-state index contributed by atoms with van der Waals surface area (Å²) in [6.45, 7) is 9.92. The number of pyridine rings is 1. The van der Waals surface area contributed by atoms with Gasteiger partial charge in [-0.3, -0.25) is 10.3 Å². The van der Waals surface area contributed by atoms with E-state index in [4.69, 9.17) is 16.3 Å². The lowest BCUT2D eigenvalue weighted by Crippen LogP contribution is -2.62. The van der Waals surface area contributed by atoms with Crippen molar-refractivity contribution in [2.45, 2.75) is 97.7 Å². The molecule has 4 aliphatic rings. The van der Waals surface area contributed by atoms with Gasteiger partial charge in [-0.2, -0.15) is 0 Å². The van der Waals surface area contributed by atoms with Crippen LogP contribution >= 0.6 is 11.6 Å². The Morgan fingerprint density at radius 2 is 1.87 bits per heavy atom. The molecule has 2 unspecified atom stereocenters. The highest BCUT2D eigenvalue weighted by Gasteiger charge is 2.64. The molecule has 0 bridgehead atoms. The summed E-state index contributed by atoms with van der Waals surface area (Å²) in [5, 5.41) is 25.6. The number of nitrogens with one attached hydrogen (secondary N) is 1. The Balaban J connectivity index is 1.24. The van der Waals surface area contributed by atoms with E-state index in [1.165, 1.54) is 31.9 Å². The lowest BCUT2D eigenvalue weighted by Gasteiger charge is -2.64. The summed E-state index contributed by atoms with van der Waals surface area (Å²) < 4.78 is 5.52. The van der Waals surface area contributed by atoms with Crippen molar-refractivity contribution >= 4 is 23.4 Å². The van der Waals surface area contributed by atoms with E-state index in [1.54, 1.807) is 12.3 Å². The van der Waals surface area contributed by atoms with E-state index < -0.39 is 6.09 Å². The number of aliphatic hydroxyl groups excluding tert-OH is 2. The van der Waals surface area contributed by atoms with E-state index in [9.17, 15) is 15.0 Å². The van der Waals surface area contributed by atoms with Gasteiger partial charge in [0.05, 0.1) is 35.7 Å². The maximum Gasteiger partial charge on any atom is 0.411 e. The van der Waals surface area contributed by atoms with Crippen LogP contribution in [0.1, 0.15) is 85.5 Å². The number of ether oxygens (including phenoxy) is 1. The standard InChI is InChI=1S/C31H47ClN2O4/c1-5-22-26-15-21(35)8-11-31(26,4)25-9-12-30(3)23(6-7-24(30)27(25)28(22)36)18(2)10-13-38-29(37)34-20-14-19(32)16-33-17-20/h14,16-18,21-28,35-36H,5-13,15H2,1-4H3,(H,34,37)/t18-,21-,22-,23-,24+,25+,26+,27?,28-,30-,31?/m1/s1. The normalized spacial score (nSPS) is 42.9. The first kappa shape index (κ1) is 28.2. The van der Waals surface area contributed by atoms with Gasteiger partial charge in [0.15, 0.2) is 0 Å². The van der Waals surface area contributed by atoms with Crippen LogP contribution in [0.4, 0.5) is 10.5 Å². The van der Waals surface area contributed by atoms with E-state index in [1.807, 2.05) is 0 Å². The van der Waals surface area contributed by atoms with Gasteiger partial charge in [-0.15, -0.1) is 0 Å². The van der Waals surface area contributed by atoms with E-state index in [0.717, 1.165) is 32.1 Å². The van der Waals surface area contributed by atoms with Gasteiger partial charge in [0.2, 0.25) is 0 Å². The van der Waals surface area contributed by atoms with Crippen molar-refractivity contribution in [3.05, 3.63) is 23.5 Å². The third kappa shape index (κ3) is 4.88. The number of aliphatic hydroxyl groups is 2. The number of carbonyl (C=O) groups excluding carboxylic acids is 1.